The average molecular weight is 498 g/mol. The summed E-state index contributed by atoms with van der Waals surface area (Å²) in [5, 5.41) is 12.7. The highest BCUT2D eigenvalue weighted by molar-refractivity contribution is 14.0. The zero-order valence-electron chi connectivity index (χ0n) is 16.2. The minimum absolute atomic E-state index is 0. The normalized spacial score (nSPS) is 14.6. The Morgan fingerprint density at radius 3 is 2.54 bits per heavy atom. The van der Waals surface area contributed by atoms with Gasteiger partial charge in [0.2, 0.25) is 0 Å². The van der Waals surface area contributed by atoms with E-state index in [0.717, 1.165) is 50.7 Å². The van der Waals surface area contributed by atoms with Crippen molar-refractivity contribution in [2.45, 2.75) is 6.42 Å². The summed E-state index contributed by atoms with van der Waals surface area (Å²) in [4.78, 5) is 25.1. The highest BCUT2D eigenvalue weighted by Crippen LogP contribution is 2.10. The molecule has 2 aromatic rings. The molecule has 0 amide bonds. The number of halogens is 1. The number of guanidine groups is 1. The van der Waals surface area contributed by atoms with Crippen LogP contribution in [0.2, 0.25) is 0 Å². The van der Waals surface area contributed by atoms with Gasteiger partial charge in [-0.05, 0) is 24.1 Å². The first-order valence-electron chi connectivity index (χ1n) is 9.08. The summed E-state index contributed by atoms with van der Waals surface area (Å²) < 4.78 is 1.55. The van der Waals surface area contributed by atoms with E-state index in [1.54, 1.807) is 43.2 Å². The van der Waals surface area contributed by atoms with Gasteiger partial charge in [-0.3, -0.25) is 9.79 Å². The van der Waals surface area contributed by atoms with Crippen molar-refractivity contribution in [3.05, 3.63) is 52.6 Å². The number of aromatic hydroxyl groups is 1. The monoisotopic (exact) mass is 498 g/mol. The van der Waals surface area contributed by atoms with Crippen LogP contribution in [-0.4, -0.2) is 65.3 Å². The lowest BCUT2D eigenvalue weighted by molar-refractivity contribution is 0.371. The van der Waals surface area contributed by atoms with Gasteiger partial charge in [-0.25, -0.2) is 4.98 Å². The van der Waals surface area contributed by atoms with Gasteiger partial charge in [-0.1, -0.05) is 12.1 Å². The second kappa shape index (κ2) is 10.3. The molecule has 152 valence electrons. The van der Waals surface area contributed by atoms with Crippen molar-refractivity contribution in [2.75, 3.05) is 44.7 Å². The van der Waals surface area contributed by atoms with E-state index < -0.39 is 0 Å². The number of aryl methyl sites for hydroxylation is 1. The molecule has 1 aromatic carbocycles. The standard InChI is InChI=1S/C19H26N6O2.HI/c1-20-19(22-8-7-15-3-5-16(26)6-4-15)25-13-11-24(12-14-25)17-18(27)23(2)10-9-21-17;/h3-6,9-10,26H,7-8,11-14H2,1-2H3,(H,20,22);1H. The van der Waals surface area contributed by atoms with Crippen LogP contribution < -0.4 is 15.8 Å². The minimum atomic E-state index is -0.0673. The number of aliphatic imine (C=N–C) groups is 1. The first-order valence-corrected chi connectivity index (χ1v) is 9.08. The molecule has 1 aliphatic rings. The van der Waals surface area contributed by atoms with E-state index in [0.29, 0.717) is 5.82 Å². The van der Waals surface area contributed by atoms with E-state index in [4.69, 9.17) is 0 Å². The number of hydrogen-bond acceptors (Lipinski definition) is 5. The lowest BCUT2D eigenvalue weighted by atomic mass is 10.1. The van der Waals surface area contributed by atoms with Crippen LogP contribution in [0.25, 0.3) is 0 Å². The Morgan fingerprint density at radius 2 is 1.89 bits per heavy atom. The maximum atomic E-state index is 12.2. The van der Waals surface area contributed by atoms with Crippen LogP contribution in [0, 0.1) is 0 Å². The molecular formula is C19H27IN6O2. The molecule has 1 saturated heterocycles. The summed E-state index contributed by atoms with van der Waals surface area (Å²) >= 11 is 0. The van der Waals surface area contributed by atoms with Crippen molar-refractivity contribution in [2.24, 2.45) is 12.0 Å². The van der Waals surface area contributed by atoms with Crippen LogP contribution in [0.1, 0.15) is 5.56 Å². The summed E-state index contributed by atoms with van der Waals surface area (Å²) in [5.41, 5.74) is 1.09. The van der Waals surface area contributed by atoms with Crippen molar-refractivity contribution in [1.29, 1.82) is 0 Å². The topological polar surface area (TPSA) is 86.0 Å². The molecule has 8 nitrogen and oxygen atoms in total. The summed E-state index contributed by atoms with van der Waals surface area (Å²) in [7, 11) is 3.52. The second-order valence-electron chi connectivity index (χ2n) is 6.53. The predicted octanol–water partition coefficient (Wildman–Crippen LogP) is 1.04. The molecule has 28 heavy (non-hydrogen) atoms. The maximum Gasteiger partial charge on any atom is 0.293 e. The Morgan fingerprint density at radius 1 is 1.21 bits per heavy atom. The van der Waals surface area contributed by atoms with E-state index in [-0.39, 0.29) is 35.3 Å². The van der Waals surface area contributed by atoms with Crippen molar-refractivity contribution < 1.29 is 5.11 Å². The molecule has 0 aliphatic carbocycles. The quantitative estimate of drug-likeness (QED) is 0.373. The molecule has 9 heteroatoms. The number of phenols is 1. The predicted molar refractivity (Wildman–Crippen MR) is 122 cm³/mol. The van der Waals surface area contributed by atoms with E-state index in [2.05, 4.69) is 20.2 Å². The van der Waals surface area contributed by atoms with Crippen molar-refractivity contribution in [1.82, 2.24) is 19.8 Å². The highest BCUT2D eigenvalue weighted by atomic mass is 127. The Bertz CT molecular complexity index is 844. The molecule has 2 N–H and O–H groups in total. The van der Waals surface area contributed by atoms with E-state index in [1.807, 2.05) is 17.0 Å². The lowest BCUT2D eigenvalue weighted by Crippen LogP contribution is -2.53. The van der Waals surface area contributed by atoms with Crippen LogP contribution in [0.15, 0.2) is 46.4 Å². The molecule has 3 rings (SSSR count). The fourth-order valence-corrected chi connectivity index (χ4v) is 3.15. The number of aromatic nitrogens is 2. The number of nitrogens with one attached hydrogen (secondary N) is 1. The van der Waals surface area contributed by atoms with Crippen LogP contribution in [0.5, 0.6) is 5.75 Å². The van der Waals surface area contributed by atoms with Crippen molar-refractivity contribution in [3.63, 3.8) is 0 Å². The van der Waals surface area contributed by atoms with Gasteiger partial charge in [-0.2, -0.15) is 0 Å². The first kappa shape index (κ1) is 22.0. The largest absolute Gasteiger partial charge is 0.508 e. The smallest absolute Gasteiger partial charge is 0.293 e. The summed E-state index contributed by atoms with van der Waals surface area (Å²) in [5.74, 6) is 1.65. The Labute approximate surface area is 181 Å². The van der Waals surface area contributed by atoms with Gasteiger partial charge in [0.1, 0.15) is 5.75 Å². The van der Waals surface area contributed by atoms with Gasteiger partial charge in [0.05, 0.1) is 0 Å². The van der Waals surface area contributed by atoms with Gasteiger partial charge < -0.3 is 24.8 Å². The number of nitrogens with zero attached hydrogens (tertiary/aromatic N) is 5. The van der Waals surface area contributed by atoms with Gasteiger partial charge in [0.15, 0.2) is 11.8 Å². The number of benzene rings is 1. The second-order valence-corrected chi connectivity index (χ2v) is 6.53. The number of rotatable bonds is 4. The fraction of sp³-hybridized carbons (Fsp3) is 0.421. The summed E-state index contributed by atoms with van der Waals surface area (Å²) in [6.45, 7) is 3.77. The highest BCUT2D eigenvalue weighted by Gasteiger charge is 2.22. The van der Waals surface area contributed by atoms with Gasteiger partial charge >= 0.3 is 0 Å². The van der Waals surface area contributed by atoms with Crippen molar-refractivity contribution in [3.8, 4) is 5.75 Å². The molecule has 1 fully saturated rings. The zero-order valence-corrected chi connectivity index (χ0v) is 18.5. The van der Waals surface area contributed by atoms with Crippen LogP contribution in [0.4, 0.5) is 5.82 Å². The molecular weight excluding hydrogens is 471 g/mol. The molecule has 0 saturated carbocycles. The van der Waals surface area contributed by atoms with E-state index >= 15 is 0 Å². The summed E-state index contributed by atoms with van der Waals surface area (Å²) in [6.07, 6.45) is 4.18. The van der Waals surface area contributed by atoms with Gasteiger partial charge in [-0.15, -0.1) is 24.0 Å². The molecule has 1 aliphatic heterocycles. The molecule has 0 radical (unpaired) electrons. The molecule has 1 aromatic heterocycles. The van der Waals surface area contributed by atoms with Gasteiger partial charge in [0.25, 0.3) is 5.56 Å². The van der Waals surface area contributed by atoms with Gasteiger partial charge in [0, 0.05) is 59.2 Å². The fourth-order valence-electron chi connectivity index (χ4n) is 3.15. The van der Waals surface area contributed by atoms with E-state index in [1.165, 1.54) is 0 Å². The number of phenolic OH excluding ortho intramolecular Hbond substituents is 1. The lowest BCUT2D eigenvalue weighted by Gasteiger charge is -2.36. The van der Waals surface area contributed by atoms with E-state index in [9.17, 15) is 9.90 Å². The number of anilines is 1. The Hall–Kier alpha value is -2.30. The Kier molecular flexibility index (Phi) is 8.09. The molecule has 0 atom stereocenters. The SMILES string of the molecule is CN=C(NCCc1ccc(O)cc1)N1CCN(c2nccn(C)c2=O)CC1.I. The zero-order chi connectivity index (χ0) is 19.2. The Balaban J connectivity index is 0.00000280. The third kappa shape index (κ3) is 5.37. The molecule has 0 bridgehead atoms. The third-order valence-corrected chi connectivity index (χ3v) is 4.72. The van der Waals surface area contributed by atoms with Crippen LogP contribution in [-0.2, 0) is 13.5 Å². The van der Waals surface area contributed by atoms with Crippen LogP contribution in [0.3, 0.4) is 0 Å². The molecule has 2 heterocycles. The van der Waals surface area contributed by atoms with Crippen LogP contribution >= 0.6 is 24.0 Å². The van der Waals surface area contributed by atoms with Crippen molar-refractivity contribution >= 4 is 35.8 Å². The molecule has 0 unspecified atom stereocenters. The molecule has 0 spiro atoms. The maximum absolute atomic E-state index is 12.2. The third-order valence-electron chi connectivity index (χ3n) is 4.72. The summed E-state index contributed by atoms with van der Waals surface area (Å²) in [6, 6.07) is 7.24. The first-order chi connectivity index (χ1) is 13.1. The minimum Gasteiger partial charge on any atom is -0.508 e. The average Bonchev–Trinajstić information content (AvgIpc) is 2.69. The number of hydrogen-bond donors (Lipinski definition) is 2. The number of piperazine rings is 1.